The SMILES string of the molecule is CC(O)C1CCN(C(=O)CSc2cccc(Br)c2)C1. The molecule has 5 heteroatoms. The van der Waals surface area contributed by atoms with Crippen LogP contribution >= 0.6 is 27.7 Å². The number of aliphatic hydroxyl groups excluding tert-OH is 1. The monoisotopic (exact) mass is 343 g/mol. The molecule has 1 fully saturated rings. The van der Waals surface area contributed by atoms with E-state index in [1.807, 2.05) is 29.2 Å². The lowest BCUT2D eigenvalue weighted by molar-refractivity contribution is -0.127. The minimum absolute atomic E-state index is 0.160. The zero-order valence-electron chi connectivity index (χ0n) is 10.9. The normalized spacial score (nSPS) is 20.6. The molecule has 3 nitrogen and oxygen atoms in total. The van der Waals surface area contributed by atoms with E-state index in [1.165, 1.54) is 0 Å². The van der Waals surface area contributed by atoms with Crippen molar-refractivity contribution >= 4 is 33.6 Å². The third kappa shape index (κ3) is 4.23. The van der Waals surface area contributed by atoms with Crippen LogP contribution in [-0.4, -0.2) is 40.9 Å². The van der Waals surface area contributed by atoms with Gasteiger partial charge in [-0.3, -0.25) is 4.79 Å². The molecular weight excluding hydrogens is 326 g/mol. The molecule has 0 saturated carbocycles. The Morgan fingerprint density at radius 2 is 2.42 bits per heavy atom. The number of carbonyl (C=O) groups is 1. The van der Waals surface area contributed by atoms with Gasteiger partial charge in [-0.15, -0.1) is 11.8 Å². The van der Waals surface area contributed by atoms with Crippen molar-refractivity contribution in [3.8, 4) is 0 Å². The van der Waals surface area contributed by atoms with Crippen LogP contribution in [-0.2, 0) is 4.79 Å². The molecule has 0 radical (unpaired) electrons. The van der Waals surface area contributed by atoms with Crippen LogP contribution in [0.3, 0.4) is 0 Å². The van der Waals surface area contributed by atoms with Gasteiger partial charge in [0.2, 0.25) is 5.91 Å². The van der Waals surface area contributed by atoms with Gasteiger partial charge in [-0.1, -0.05) is 22.0 Å². The summed E-state index contributed by atoms with van der Waals surface area (Å²) in [7, 11) is 0. The number of rotatable bonds is 4. The van der Waals surface area contributed by atoms with Gasteiger partial charge in [-0.25, -0.2) is 0 Å². The molecule has 19 heavy (non-hydrogen) atoms. The molecule has 2 rings (SSSR count). The number of amides is 1. The Hall–Kier alpha value is -0.520. The Morgan fingerprint density at radius 3 is 3.05 bits per heavy atom. The zero-order valence-corrected chi connectivity index (χ0v) is 13.3. The molecule has 0 spiro atoms. The second-order valence-corrected chi connectivity index (χ2v) is 6.84. The summed E-state index contributed by atoms with van der Waals surface area (Å²) >= 11 is 4.98. The predicted octanol–water partition coefficient (Wildman–Crippen LogP) is 2.77. The summed E-state index contributed by atoms with van der Waals surface area (Å²) in [6.07, 6.45) is 0.584. The second kappa shape index (κ2) is 6.77. The first-order valence-corrected chi connectivity index (χ1v) is 8.18. The van der Waals surface area contributed by atoms with Gasteiger partial charge in [0.15, 0.2) is 0 Å². The van der Waals surface area contributed by atoms with E-state index in [4.69, 9.17) is 0 Å². The number of carbonyl (C=O) groups excluding carboxylic acids is 1. The summed E-state index contributed by atoms with van der Waals surface area (Å²) in [5, 5.41) is 9.54. The minimum atomic E-state index is -0.324. The number of aliphatic hydroxyl groups is 1. The maximum absolute atomic E-state index is 12.1. The topological polar surface area (TPSA) is 40.5 Å². The molecular formula is C14H18BrNO2S. The van der Waals surface area contributed by atoms with Crippen molar-refractivity contribution < 1.29 is 9.90 Å². The fraction of sp³-hybridized carbons (Fsp3) is 0.500. The Bertz CT molecular complexity index is 453. The average molecular weight is 344 g/mol. The van der Waals surface area contributed by atoms with E-state index in [0.717, 1.165) is 22.3 Å². The van der Waals surface area contributed by atoms with Crippen LogP contribution < -0.4 is 0 Å². The maximum Gasteiger partial charge on any atom is 0.232 e. The van der Waals surface area contributed by atoms with E-state index in [0.29, 0.717) is 12.3 Å². The molecule has 1 N–H and O–H groups in total. The summed E-state index contributed by atoms with van der Waals surface area (Å²) in [5.74, 6) is 0.858. The maximum atomic E-state index is 12.1. The van der Waals surface area contributed by atoms with Crippen molar-refractivity contribution in [2.75, 3.05) is 18.8 Å². The Morgan fingerprint density at radius 1 is 1.63 bits per heavy atom. The number of nitrogens with zero attached hydrogens (tertiary/aromatic N) is 1. The van der Waals surface area contributed by atoms with Gasteiger partial charge >= 0.3 is 0 Å². The molecule has 1 amide bonds. The first-order valence-electron chi connectivity index (χ1n) is 6.40. The molecule has 0 aromatic heterocycles. The standard InChI is InChI=1S/C14H18BrNO2S/c1-10(17)11-5-6-16(8-11)14(18)9-19-13-4-2-3-12(15)7-13/h2-4,7,10-11,17H,5-6,8-9H2,1H3. The smallest absolute Gasteiger partial charge is 0.232 e. The van der Waals surface area contributed by atoms with Crippen LogP contribution in [0.5, 0.6) is 0 Å². The van der Waals surface area contributed by atoms with Crippen molar-refractivity contribution in [3.05, 3.63) is 28.7 Å². The van der Waals surface area contributed by atoms with Crippen molar-refractivity contribution in [2.45, 2.75) is 24.3 Å². The fourth-order valence-electron chi connectivity index (χ4n) is 2.20. The highest BCUT2D eigenvalue weighted by Gasteiger charge is 2.28. The first-order chi connectivity index (χ1) is 9.06. The van der Waals surface area contributed by atoms with Crippen LogP contribution in [0, 0.1) is 5.92 Å². The van der Waals surface area contributed by atoms with E-state index < -0.39 is 0 Å². The quantitative estimate of drug-likeness (QED) is 0.854. The van der Waals surface area contributed by atoms with Crippen molar-refractivity contribution in [3.63, 3.8) is 0 Å². The van der Waals surface area contributed by atoms with Crippen molar-refractivity contribution in [1.29, 1.82) is 0 Å². The van der Waals surface area contributed by atoms with E-state index in [9.17, 15) is 9.90 Å². The summed E-state index contributed by atoms with van der Waals surface area (Å²) in [5.41, 5.74) is 0. The Labute approximate surface area is 126 Å². The second-order valence-electron chi connectivity index (χ2n) is 4.88. The lowest BCUT2D eigenvalue weighted by Crippen LogP contribution is -2.31. The molecule has 0 aliphatic carbocycles. The third-order valence-electron chi connectivity index (χ3n) is 3.42. The van der Waals surface area contributed by atoms with Gasteiger partial charge < -0.3 is 10.0 Å². The van der Waals surface area contributed by atoms with E-state index >= 15 is 0 Å². The Balaban J connectivity index is 1.82. The number of hydrogen-bond donors (Lipinski definition) is 1. The van der Waals surface area contributed by atoms with Crippen LogP contribution in [0.2, 0.25) is 0 Å². The molecule has 0 bridgehead atoms. The Kier molecular flexibility index (Phi) is 5.30. The van der Waals surface area contributed by atoms with Crippen LogP contribution in [0.1, 0.15) is 13.3 Å². The number of hydrogen-bond acceptors (Lipinski definition) is 3. The van der Waals surface area contributed by atoms with Gasteiger partial charge in [0.25, 0.3) is 0 Å². The minimum Gasteiger partial charge on any atom is -0.393 e. The molecule has 1 saturated heterocycles. The molecule has 1 aliphatic heterocycles. The molecule has 2 atom stereocenters. The number of thioether (sulfide) groups is 1. The van der Waals surface area contributed by atoms with Crippen molar-refractivity contribution in [2.24, 2.45) is 5.92 Å². The van der Waals surface area contributed by atoms with E-state index in [2.05, 4.69) is 15.9 Å². The lowest BCUT2D eigenvalue weighted by Gasteiger charge is -2.17. The third-order valence-corrected chi connectivity index (χ3v) is 4.89. The molecule has 1 aromatic carbocycles. The average Bonchev–Trinajstić information content (AvgIpc) is 2.86. The summed E-state index contributed by atoms with van der Waals surface area (Å²) < 4.78 is 1.03. The van der Waals surface area contributed by atoms with Gasteiger partial charge in [-0.05, 0) is 31.5 Å². The van der Waals surface area contributed by atoms with Gasteiger partial charge in [-0.2, -0.15) is 0 Å². The largest absolute Gasteiger partial charge is 0.393 e. The zero-order chi connectivity index (χ0) is 13.8. The molecule has 1 aromatic rings. The number of benzene rings is 1. The van der Waals surface area contributed by atoms with Crippen LogP contribution in [0.25, 0.3) is 0 Å². The first kappa shape index (κ1) is 14.9. The molecule has 1 aliphatic rings. The van der Waals surface area contributed by atoms with E-state index in [1.54, 1.807) is 18.7 Å². The fourth-order valence-corrected chi connectivity index (χ4v) is 3.61. The van der Waals surface area contributed by atoms with E-state index in [-0.39, 0.29) is 17.9 Å². The summed E-state index contributed by atoms with van der Waals surface area (Å²) in [4.78, 5) is 15.0. The highest BCUT2D eigenvalue weighted by molar-refractivity contribution is 9.10. The van der Waals surface area contributed by atoms with Crippen molar-refractivity contribution in [1.82, 2.24) is 4.90 Å². The summed E-state index contributed by atoms with van der Waals surface area (Å²) in [6.45, 7) is 3.26. The van der Waals surface area contributed by atoms with Gasteiger partial charge in [0.1, 0.15) is 0 Å². The van der Waals surface area contributed by atoms with Crippen LogP contribution in [0.15, 0.2) is 33.6 Å². The summed E-state index contributed by atoms with van der Waals surface area (Å²) in [6, 6.07) is 7.96. The highest BCUT2D eigenvalue weighted by atomic mass is 79.9. The molecule has 2 unspecified atom stereocenters. The number of halogens is 1. The number of likely N-dealkylation sites (tertiary alicyclic amines) is 1. The van der Waals surface area contributed by atoms with Crippen LogP contribution in [0.4, 0.5) is 0 Å². The lowest BCUT2D eigenvalue weighted by atomic mass is 10.0. The highest BCUT2D eigenvalue weighted by Crippen LogP contribution is 2.24. The van der Waals surface area contributed by atoms with Gasteiger partial charge in [0, 0.05) is 28.4 Å². The molecule has 104 valence electrons. The molecule has 1 heterocycles. The predicted molar refractivity (Wildman–Crippen MR) is 81.2 cm³/mol. The van der Waals surface area contributed by atoms with Gasteiger partial charge in [0.05, 0.1) is 11.9 Å².